The molecule has 4 nitrogen and oxygen atoms in total. The van der Waals surface area contributed by atoms with Crippen molar-refractivity contribution < 1.29 is 4.74 Å². The predicted octanol–water partition coefficient (Wildman–Crippen LogP) is 4.38. The highest BCUT2D eigenvalue weighted by Crippen LogP contribution is 2.23. The Morgan fingerprint density at radius 1 is 1.04 bits per heavy atom. The van der Waals surface area contributed by atoms with Gasteiger partial charge in [-0.3, -0.25) is 4.68 Å². The Hall–Kier alpha value is -2.14. The maximum absolute atomic E-state index is 6.30. The molecule has 0 aliphatic rings. The lowest BCUT2D eigenvalue weighted by molar-refractivity contribution is 0.149. The molecular weight excluding hydrogens is 346 g/mol. The first-order valence-corrected chi connectivity index (χ1v) is 9.29. The molecule has 0 bridgehead atoms. The molecule has 1 heterocycles. The normalized spacial score (nSPS) is 11.0. The van der Waals surface area contributed by atoms with Gasteiger partial charge in [-0.05, 0) is 18.6 Å². The summed E-state index contributed by atoms with van der Waals surface area (Å²) in [5, 5.41) is 9.01. The third-order valence-corrected chi connectivity index (χ3v) is 4.49. The minimum absolute atomic E-state index is 0.651. The van der Waals surface area contributed by atoms with Gasteiger partial charge in [0.1, 0.15) is 0 Å². The minimum Gasteiger partial charge on any atom is -0.380 e. The molecule has 3 aromatic rings. The number of hydrogen-bond donors (Lipinski definition) is 1. The number of benzene rings is 2. The van der Waals surface area contributed by atoms with Crippen LogP contribution in [-0.2, 0) is 17.8 Å². The molecule has 3 rings (SSSR count). The van der Waals surface area contributed by atoms with E-state index in [-0.39, 0.29) is 0 Å². The molecule has 0 aliphatic heterocycles. The molecule has 1 aromatic heterocycles. The smallest absolute Gasteiger partial charge is 0.0968 e. The van der Waals surface area contributed by atoms with Crippen LogP contribution in [0.5, 0.6) is 0 Å². The second kappa shape index (κ2) is 9.53. The molecule has 5 heteroatoms. The van der Waals surface area contributed by atoms with Gasteiger partial charge in [-0.25, -0.2) is 0 Å². The van der Waals surface area contributed by atoms with E-state index in [1.165, 1.54) is 5.56 Å². The fourth-order valence-electron chi connectivity index (χ4n) is 2.82. The van der Waals surface area contributed by atoms with Gasteiger partial charge in [-0.1, -0.05) is 60.1 Å². The highest BCUT2D eigenvalue weighted by molar-refractivity contribution is 6.31. The van der Waals surface area contributed by atoms with E-state index in [0.29, 0.717) is 13.2 Å². The largest absolute Gasteiger partial charge is 0.380 e. The Morgan fingerprint density at radius 2 is 1.81 bits per heavy atom. The number of aromatic nitrogens is 2. The van der Waals surface area contributed by atoms with Gasteiger partial charge in [0.05, 0.1) is 18.8 Å². The van der Waals surface area contributed by atoms with Crippen molar-refractivity contribution in [2.75, 3.05) is 19.8 Å². The van der Waals surface area contributed by atoms with Gasteiger partial charge >= 0.3 is 0 Å². The van der Waals surface area contributed by atoms with Gasteiger partial charge in [0.2, 0.25) is 0 Å². The lowest BCUT2D eigenvalue weighted by Gasteiger charge is -2.05. The van der Waals surface area contributed by atoms with Crippen molar-refractivity contribution >= 4 is 11.6 Å². The van der Waals surface area contributed by atoms with Gasteiger partial charge in [0, 0.05) is 42.0 Å². The van der Waals surface area contributed by atoms with Crippen LogP contribution in [0.25, 0.3) is 11.3 Å². The van der Waals surface area contributed by atoms with Crippen LogP contribution in [-0.4, -0.2) is 29.5 Å². The Morgan fingerprint density at radius 3 is 2.58 bits per heavy atom. The standard InChI is InChI=1S/C21H24ClN3O/c1-2-26-13-12-23-14-19-16-25(15-18-10-6-7-11-20(18)22)24-21(19)17-8-4-3-5-9-17/h3-11,16,23H,2,12-15H2,1H3. The first-order valence-electron chi connectivity index (χ1n) is 8.91. The average molecular weight is 370 g/mol. The summed E-state index contributed by atoms with van der Waals surface area (Å²) in [6.07, 6.45) is 2.10. The average Bonchev–Trinajstić information content (AvgIpc) is 3.07. The Balaban J connectivity index is 1.79. The second-order valence-corrected chi connectivity index (χ2v) is 6.44. The Bertz CT molecular complexity index is 817. The zero-order valence-electron chi connectivity index (χ0n) is 15.0. The van der Waals surface area contributed by atoms with Crippen molar-refractivity contribution in [3.05, 3.63) is 76.9 Å². The summed E-state index contributed by atoms with van der Waals surface area (Å²) in [4.78, 5) is 0. The van der Waals surface area contributed by atoms with Gasteiger partial charge < -0.3 is 10.1 Å². The second-order valence-electron chi connectivity index (χ2n) is 6.03. The van der Waals surface area contributed by atoms with Crippen molar-refractivity contribution in [2.24, 2.45) is 0 Å². The summed E-state index contributed by atoms with van der Waals surface area (Å²) in [6.45, 7) is 5.68. The van der Waals surface area contributed by atoms with Crippen molar-refractivity contribution in [3.8, 4) is 11.3 Å². The van der Waals surface area contributed by atoms with E-state index in [0.717, 1.165) is 41.5 Å². The molecule has 0 radical (unpaired) electrons. The first-order chi connectivity index (χ1) is 12.8. The van der Waals surface area contributed by atoms with Crippen molar-refractivity contribution in [1.29, 1.82) is 0 Å². The first kappa shape index (κ1) is 18.6. The highest BCUT2D eigenvalue weighted by atomic mass is 35.5. The number of nitrogens with zero attached hydrogens (tertiary/aromatic N) is 2. The van der Waals surface area contributed by atoms with E-state index in [1.54, 1.807) is 0 Å². The Kier molecular flexibility index (Phi) is 6.83. The summed E-state index contributed by atoms with van der Waals surface area (Å²) < 4.78 is 7.35. The quantitative estimate of drug-likeness (QED) is 0.569. The van der Waals surface area contributed by atoms with Crippen LogP contribution in [0.15, 0.2) is 60.8 Å². The SMILES string of the molecule is CCOCCNCc1cn(Cc2ccccc2Cl)nc1-c1ccccc1. The summed E-state index contributed by atoms with van der Waals surface area (Å²) in [7, 11) is 0. The van der Waals surface area contributed by atoms with E-state index in [9.17, 15) is 0 Å². The van der Waals surface area contributed by atoms with Crippen LogP contribution < -0.4 is 5.32 Å². The maximum Gasteiger partial charge on any atom is 0.0968 e. The van der Waals surface area contributed by atoms with Crippen LogP contribution in [0.1, 0.15) is 18.1 Å². The van der Waals surface area contributed by atoms with Gasteiger partial charge in [0.25, 0.3) is 0 Å². The molecule has 0 atom stereocenters. The summed E-state index contributed by atoms with van der Waals surface area (Å²) in [6, 6.07) is 18.2. The van der Waals surface area contributed by atoms with E-state index in [2.05, 4.69) is 23.6 Å². The lowest BCUT2D eigenvalue weighted by Crippen LogP contribution is -2.19. The number of rotatable bonds is 9. The molecule has 26 heavy (non-hydrogen) atoms. The third kappa shape index (κ3) is 4.94. The zero-order chi connectivity index (χ0) is 18.2. The topological polar surface area (TPSA) is 39.1 Å². The lowest BCUT2D eigenvalue weighted by atomic mass is 10.1. The zero-order valence-corrected chi connectivity index (χ0v) is 15.7. The molecule has 0 aliphatic carbocycles. The summed E-state index contributed by atoms with van der Waals surface area (Å²) in [5.74, 6) is 0. The molecular formula is C21H24ClN3O. The number of halogens is 1. The molecule has 0 fully saturated rings. The molecule has 0 amide bonds. The molecule has 0 saturated carbocycles. The molecule has 0 saturated heterocycles. The highest BCUT2D eigenvalue weighted by Gasteiger charge is 2.12. The summed E-state index contributed by atoms with van der Waals surface area (Å²) in [5.41, 5.74) is 4.35. The van der Waals surface area contributed by atoms with Crippen LogP contribution in [0, 0.1) is 0 Å². The van der Waals surface area contributed by atoms with Crippen LogP contribution >= 0.6 is 11.6 Å². The fraction of sp³-hybridized carbons (Fsp3) is 0.286. The van der Waals surface area contributed by atoms with Crippen LogP contribution in [0.4, 0.5) is 0 Å². The predicted molar refractivity (Wildman–Crippen MR) is 106 cm³/mol. The van der Waals surface area contributed by atoms with E-state index in [1.807, 2.05) is 54.1 Å². The molecule has 136 valence electrons. The van der Waals surface area contributed by atoms with Crippen LogP contribution in [0.3, 0.4) is 0 Å². The molecule has 0 spiro atoms. The number of hydrogen-bond acceptors (Lipinski definition) is 3. The van der Waals surface area contributed by atoms with Gasteiger partial charge in [0.15, 0.2) is 0 Å². The number of ether oxygens (including phenoxy) is 1. The summed E-state index contributed by atoms with van der Waals surface area (Å²) >= 11 is 6.30. The van der Waals surface area contributed by atoms with E-state index < -0.39 is 0 Å². The van der Waals surface area contributed by atoms with Crippen molar-refractivity contribution in [1.82, 2.24) is 15.1 Å². The van der Waals surface area contributed by atoms with Gasteiger partial charge in [-0.15, -0.1) is 0 Å². The maximum atomic E-state index is 6.30. The van der Waals surface area contributed by atoms with Gasteiger partial charge in [-0.2, -0.15) is 5.10 Å². The third-order valence-electron chi connectivity index (χ3n) is 4.12. The monoisotopic (exact) mass is 369 g/mol. The Labute approximate surface area is 159 Å². The van der Waals surface area contributed by atoms with E-state index in [4.69, 9.17) is 21.4 Å². The van der Waals surface area contributed by atoms with E-state index >= 15 is 0 Å². The molecule has 2 aromatic carbocycles. The minimum atomic E-state index is 0.651. The fourth-order valence-corrected chi connectivity index (χ4v) is 3.02. The van der Waals surface area contributed by atoms with Crippen molar-refractivity contribution in [2.45, 2.75) is 20.0 Å². The van der Waals surface area contributed by atoms with Crippen molar-refractivity contribution in [3.63, 3.8) is 0 Å². The van der Waals surface area contributed by atoms with Crippen LogP contribution in [0.2, 0.25) is 5.02 Å². The number of nitrogens with one attached hydrogen (secondary N) is 1. The molecule has 0 unspecified atom stereocenters. The molecule has 1 N–H and O–H groups in total.